The van der Waals surface area contributed by atoms with Crippen LogP contribution in [-0.4, -0.2) is 38.8 Å². The summed E-state index contributed by atoms with van der Waals surface area (Å²) in [5.74, 6) is -0.331. The second-order valence-corrected chi connectivity index (χ2v) is 12.6. The van der Waals surface area contributed by atoms with E-state index in [4.69, 9.17) is 9.47 Å². The van der Waals surface area contributed by atoms with Gasteiger partial charge in [-0.3, -0.25) is 4.72 Å². The molecule has 1 amide bonds. The predicted molar refractivity (Wildman–Crippen MR) is 153 cm³/mol. The predicted octanol–water partition coefficient (Wildman–Crippen LogP) is 6.34. The number of ether oxygens (including phenoxy) is 2. The Bertz CT molecular complexity index is 1640. The van der Waals surface area contributed by atoms with E-state index in [0.717, 1.165) is 5.56 Å². The fraction of sp³-hybridized carbons (Fsp3) is 0.300. The number of carbonyl (C=O) groups is 1. The molecule has 2 heterocycles. The topological polar surface area (TPSA) is 110 Å². The first-order chi connectivity index (χ1) is 19.0. The molecule has 4 aromatic rings. The van der Waals surface area contributed by atoms with Crippen LogP contribution < -0.4 is 14.8 Å². The molecule has 1 saturated heterocycles. The van der Waals surface area contributed by atoms with Crippen molar-refractivity contribution in [2.24, 2.45) is 0 Å². The molecule has 3 aromatic carbocycles. The highest BCUT2D eigenvalue weighted by Gasteiger charge is 2.23. The highest BCUT2D eigenvalue weighted by atomic mass is 32.2. The molecule has 8 nitrogen and oxygen atoms in total. The van der Waals surface area contributed by atoms with E-state index in [2.05, 4.69) is 35.8 Å². The van der Waals surface area contributed by atoms with Crippen molar-refractivity contribution >= 4 is 32.7 Å². The van der Waals surface area contributed by atoms with E-state index >= 15 is 0 Å². The number of carbonyl (C=O) groups excluding carboxylic acids is 1. The fourth-order valence-corrected chi connectivity index (χ4v) is 5.77. The van der Waals surface area contributed by atoms with Gasteiger partial charge in [-0.25, -0.2) is 17.6 Å². The Balaban J connectivity index is 1.48. The van der Waals surface area contributed by atoms with Crippen molar-refractivity contribution in [3.05, 3.63) is 78.1 Å². The number of aromatic nitrogens is 1. The van der Waals surface area contributed by atoms with E-state index in [-0.39, 0.29) is 22.2 Å². The number of halogens is 1. The number of hydrogen-bond donors (Lipinski definition) is 3. The molecule has 1 aromatic heterocycles. The number of hydrogen-bond acceptors (Lipinski definition) is 5. The van der Waals surface area contributed by atoms with Crippen molar-refractivity contribution in [1.82, 2.24) is 10.3 Å². The van der Waals surface area contributed by atoms with Gasteiger partial charge in [0.05, 0.1) is 10.5 Å². The van der Waals surface area contributed by atoms with Crippen LogP contribution >= 0.6 is 0 Å². The number of aromatic amines is 1. The monoisotopic (exact) mass is 565 g/mol. The van der Waals surface area contributed by atoms with Crippen molar-refractivity contribution < 1.29 is 27.1 Å². The minimum absolute atomic E-state index is 0.0679. The lowest BCUT2D eigenvalue weighted by atomic mass is 9.87. The molecule has 0 bridgehead atoms. The Hall–Kier alpha value is -3.89. The Morgan fingerprint density at radius 2 is 1.75 bits per heavy atom. The quantitative estimate of drug-likeness (QED) is 0.253. The molecule has 210 valence electrons. The molecular weight excluding hydrogens is 533 g/mol. The molecule has 0 spiro atoms. The number of fused-ring (bicyclic) bond motifs is 1. The van der Waals surface area contributed by atoms with E-state index < -0.39 is 21.9 Å². The summed E-state index contributed by atoms with van der Waals surface area (Å²) in [6.45, 7) is 7.30. The maximum absolute atomic E-state index is 14.2. The molecule has 10 heteroatoms. The number of sulfonamides is 1. The van der Waals surface area contributed by atoms with Crippen LogP contribution in [0.5, 0.6) is 5.88 Å². The van der Waals surface area contributed by atoms with Crippen LogP contribution in [0.3, 0.4) is 0 Å². The lowest BCUT2D eigenvalue weighted by molar-refractivity contribution is 0.0777. The van der Waals surface area contributed by atoms with Crippen molar-refractivity contribution in [2.75, 3.05) is 17.9 Å². The summed E-state index contributed by atoms with van der Waals surface area (Å²) >= 11 is 0. The van der Waals surface area contributed by atoms with Crippen LogP contribution in [0.1, 0.15) is 39.2 Å². The number of amides is 1. The second kappa shape index (κ2) is 10.9. The first kappa shape index (κ1) is 27.7. The highest BCUT2D eigenvalue weighted by molar-refractivity contribution is 7.92. The van der Waals surface area contributed by atoms with Gasteiger partial charge in [0.25, 0.3) is 10.0 Å². The highest BCUT2D eigenvalue weighted by Crippen LogP contribution is 2.39. The molecule has 3 N–H and O–H groups in total. The van der Waals surface area contributed by atoms with Crippen molar-refractivity contribution in [2.45, 2.75) is 50.0 Å². The third-order valence-electron chi connectivity index (χ3n) is 6.90. The number of nitrogens with one attached hydrogen (secondary N) is 3. The van der Waals surface area contributed by atoms with Gasteiger partial charge < -0.3 is 19.8 Å². The summed E-state index contributed by atoms with van der Waals surface area (Å²) in [6, 6.07) is 17.5. The van der Waals surface area contributed by atoms with Gasteiger partial charge in [0, 0.05) is 35.8 Å². The molecule has 0 atom stereocenters. The maximum atomic E-state index is 14.2. The summed E-state index contributed by atoms with van der Waals surface area (Å²) in [4.78, 5) is 16.0. The molecule has 5 rings (SSSR count). The zero-order chi connectivity index (χ0) is 28.5. The van der Waals surface area contributed by atoms with E-state index in [9.17, 15) is 17.6 Å². The van der Waals surface area contributed by atoms with Crippen molar-refractivity contribution in [3.63, 3.8) is 0 Å². The SMILES string of the molecule is CC(C)(C)c1ccc(S(=O)(=O)Nc2ccc3[nH]c(OC(=O)NC4CCOCC4)c(-c4cccc(F)c4)c3c2)cc1. The Morgan fingerprint density at radius 1 is 1.02 bits per heavy atom. The van der Waals surface area contributed by atoms with Gasteiger partial charge in [-0.1, -0.05) is 45.0 Å². The van der Waals surface area contributed by atoms with E-state index in [1.807, 2.05) is 0 Å². The van der Waals surface area contributed by atoms with Gasteiger partial charge in [-0.2, -0.15) is 0 Å². The van der Waals surface area contributed by atoms with E-state index in [0.29, 0.717) is 53.8 Å². The minimum Gasteiger partial charge on any atom is -0.393 e. The number of benzene rings is 3. The molecule has 1 aliphatic heterocycles. The van der Waals surface area contributed by atoms with Gasteiger partial charge in [0.2, 0.25) is 5.88 Å². The van der Waals surface area contributed by atoms with Crippen LogP contribution in [0.15, 0.2) is 71.6 Å². The summed E-state index contributed by atoms with van der Waals surface area (Å²) < 4.78 is 54.2. The molecule has 0 unspecified atom stereocenters. The zero-order valence-electron chi connectivity index (χ0n) is 22.6. The van der Waals surface area contributed by atoms with Crippen molar-refractivity contribution in [1.29, 1.82) is 0 Å². The molecule has 0 saturated carbocycles. The molecule has 40 heavy (non-hydrogen) atoms. The average Bonchev–Trinajstić information content (AvgIpc) is 3.25. The lowest BCUT2D eigenvalue weighted by Crippen LogP contribution is -2.40. The molecule has 0 radical (unpaired) electrons. The largest absolute Gasteiger partial charge is 0.414 e. The number of rotatable bonds is 6. The Kier molecular flexibility index (Phi) is 7.57. The molecule has 1 aliphatic rings. The third kappa shape index (κ3) is 6.13. The first-order valence-corrected chi connectivity index (χ1v) is 14.6. The summed E-state index contributed by atoms with van der Waals surface area (Å²) in [5, 5.41) is 3.41. The van der Waals surface area contributed by atoms with Crippen LogP contribution in [0.25, 0.3) is 22.0 Å². The smallest absolute Gasteiger partial charge is 0.393 e. The Labute approximate surface area is 232 Å². The summed E-state index contributed by atoms with van der Waals surface area (Å²) in [7, 11) is -3.88. The number of H-pyrrole nitrogens is 1. The first-order valence-electron chi connectivity index (χ1n) is 13.1. The van der Waals surface area contributed by atoms with Crippen LogP contribution in [0, 0.1) is 5.82 Å². The maximum Gasteiger partial charge on any atom is 0.414 e. The second-order valence-electron chi connectivity index (χ2n) is 10.9. The molecule has 0 aliphatic carbocycles. The van der Waals surface area contributed by atoms with Gasteiger partial charge in [-0.15, -0.1) is 0 Å². The molecular formula is C30H32FN3O5S. The van der Waals surface area contributed by atoms with Gasteiger partial charge in [0.1, 0.15) is 5.82 Å². The van der Waals surface area contributed by atoms with Crippen LogP contribution in [0.2, 0.25) is 0 Å². The van der Waals surface area contributed by atoms with Crippen LogP contribution in [0.4, 0.5) is 14.9 Å². The van der Waals surface area contributed by atoms with Gasteiger partial charge in [-0.05, 0) is 71.8 Å². The van der Waals surface area contributed by atoms with Gasteiger partial charge in [0.15, 0.2) is 0 Å². The third-order valence-corrected chi connectivity index (χ3v) is 8.30. The number of anilines is 1. The lowest BCUT2D eigenvalue weighted by Gasteiger charge is -2.22. The van der Waals surface area contributed by atoms with Crippen LogP contribution in [-0.2, 0) is 20.2 Å². The van der Waals surface area contributed by atoms with E-state index in [1.165, 1.54) is 12.1 Å². The summed E-state index contributed by atoms with van der Waals surface area (Å²) in [5.41, 5.74) is 2.72. The fourth-order valence-electron chi connectivity index (χ4n) is 4.72. The minimum atomic E-state index is -3.88. The average molecular weight is 566 g/mol. The van der Waals surface area contributed by atoms with Gasteiger partial charge >= 0.3 is 6.09 Å². The normalized spacial score (nSPS) is 14.7. The standard InChI is InChI=1S/C30H32FN3O5S/c1-30(2,3)20-7-10-24(11-8-20)40(36,37)34-23-9-12-26-25(18-23)27(19-5-4-6-21(31)17-19)28(33-26)39-29(35)32-22-13-15-38-16-14-22/h4-12,17-18,22,33-34H,13-16H2,1-3H3,(H,32,35). The summed E-state index contributed by atoms with van der Waals surface area (Å²) in [6.07, 6.45) is 0.720. The van der Waals surface area contributed by atoms with Crippen molar-refractivity contribution in [3.8, 4) is 17.0 Å². The Morgan fingerprint density at radius 3 is 2.42 bits per heavy atom. The molecule has 1 fully saturated rings. The zero-order valence-corrected chi connectivity index (χ0v) is 23.4. The van der Waals surface area contributed by atoms with E-state index in [1.54, 1.807) is 54.6 Å².